The largest absolute Gasteiger partial charge is 0.456 e. The van der Waals surface area contributed by atoms with Crippen molar-refractivity contribution in [3.63, 3.8) is 0 Å². The number of nitrogens with zero attached hydrogens (tertiary/aromatic N) is 1. The van der Waals surface area contributed by atoms with Crippen molar-refractivity contribution >= 4 is 17.5 Å². The Labute approximate surface area is 118 Å². The Morgan fingerprint density at radius 3 is 2.60 bits per heavy atom. The van der Waals surface area contributed by atoms with Crippen LogP contribution in [0.1, 0.15) is 31.1 Å². The van der Waals surface area contributed by atoms with E-state index in [9.17, 15) is 4.79 Å². The van der Waals surface area contributed by atoms with Gasteiger partial charge in [-0.05, 0) is 51.1 Å². The highest BCUT2D eigenvalue weighted by atomic mass is 16.6. The lowest BCUT2D eigenvalue weighted by Gasteiger charge is -2.19. The van der Waals surface area contributed by atoms with Crippen molar-refractivity contribution in [2.75, 3.05) is 5.32 Å². The molecule has 1 aromatic carbocycles. The molecular weight excluding hydrogens is 252 g/mol. The molecule has 0 atom stereocenters. The summed E-state index contributed by atoms with van der Waals surface area (Å²) in [4.78, 5) is 16.2. The van der Waals surface area contributed by atoms with Crippen LogP contribution in [0.4, 0.5) is 11.5 Å². The lowest BCUT2D eigenvalue weighted by atomic mass is 10.1. The maximum Gasteiger partial charge on any atom is 0.338 e. The highest BCUT2D eigenvalue weighted by Crippen LogP contribution is 2.18. The summed E-state index contributed by atoms with van der Waals surface area (Å²) in [5, 5.41) is 3.14. The molecule has 0 radical (unpaired) electrons. The normalized spacial score (nSPS) is 10.9. The molecule has 1 N–H and O–H groups in total. The van der Waals surface area contributed by atoms with E-state index in [0.717, 1.165) is 11.5 Å². The molecule has 0 aliphatic rings. The maximum atomic E-state index is 12.0. The minimum atomic E-state index is -0.499. The van der Waals surface area contributed by atoms with Crippen LogP contribution in [-0.4, -0.2) is 16.6 Å². The van der Waals surface area contributed by atoms with Crippen molar-refractivity contribution in [1.29, 1.82) is 0 Å². The molecule has 0 amide bonds. The van der Waals surface area contributed by atoms with Crippen LogP contribution < -0.4 is 5.32 Å². The van der Waals surface area contributed by atoms with Crippen molar-refractivity contribution in [1.82, 2.24) is 4.98 Å². The standard InChI is InChI=1S/C16H18N2O2/c1-16(2,3)20-15(19)12-7-6-8-13(11-12)18-14-9-4-5-10-17-14/h4-11H,1-3H3,(H,17,18). The molecule has 4 nitrogen and oxygen atoms in total. The van der Waals surface area contributed by atoms with E-state index in [1.165, 1.54) is 0 Å². The number of nitrogens with one attached hydrogen (secondary N) is 1. The summed E-state index contributed by atoms with van der Waals surface area (Å²) in [7, 11) is 0. The molecule has 0 fully saturated rings. The SMILES string of the molecule is CC(C)(C)OC(=O)c1cccc(Nc2ccccn2)c1. The summed E-state index contributed by atoms with van der Waals surface area (Å²) in [5.41, 5.74) is 0.814. The number of hydrogen-bond acceptors (Lipinski definition) is 4. The minimum absolute atomic E-state index is 0.331. The van der Waals surface area contributed by atoms with Crippen LogP contribution in [0.5, 0.6) is 0 Å². The van der Waals surface area contributed by atoms with Crippen LogP contribution in [0.2, 0.25) is 0 Å². The van der Waals surface area contributed by atoms with E-state index in [0.29, 0.717) is 5.56 Å². The van der Waals surface area contributed by atoms with Gasteiger partial charge in [0.15, 0.2) is 0 Å². The molecule has 1 aromatic heterocycles. The lowest BCUT2D eigenvalue weighted by molar-refractivity contribution is 0.00696. The van der Waals surface area contributed by atoms with Gasteiger partial charge in [-0.3, -0.25) is 0 Å². The van der Waals surface area contributed by atoms with Crippen LogP contribution in [0.3, 0.4) is 0 Å². The number of carbonyl (C=O) groups is 1. The van der Waals surface area contributed by atoms with E-state index in [2.05, 4.69) is 10.3 Å². The molecule has 0 aliphatic carbocycles. The van der Waals surface area contributed by atoms with Crippen LogP contribution in [0.15, 0.2) is 48.7 Å². The van der Waals surface area contributed by atoms with Gasteiger partial charge in [0.25, 0.3) is 0 Å². The Morgan fingerprint density at radius 2 is 1.95 bits per heavy atom. The average Bonchev–Trinajstić information content (AvgIpc) is 2.38. The highest BCUT2D eigenvalue weighted by Gasteiger charge is 2.17. The Morgan fingerprint density at radius 1 is 1.15 bits per heavy atom. The van der Waals surface area contributed by atoms with Crippen LogP contribution >= 0.6 is 0 Å². The van der Waals surface area contributed by atoms with Gasteiger partial charge in [0, 0.05) is 11.9 Å². The van der Waals surface area contributed by atoms with Crippen molar-refractivity contribution in [3.05, 3.63) is 54.2 Å². The fraction of sp³-hybridized carbons (Fsp3) is 0.250. The second-order valence-electron chi connectivity index (χ2n) is 5.42. The first-order valence-electron chi connectivity index (χ1n) is 6.45. The van der Waals surface area contributed by atoms with Gasteiger partial charge in [0.05, 0.1) is 5.56 Å². The van der Waals surface area contributed by atoms with Gasteiger partial charge < -0.3 is 10.1 Å². The molecule has 4 heteroatoms. The van der Waals surface area contributed by atoms with E-state index in [1.807, 2.05) is 51.1 Å². The van der Waals surface area contributed by atoms with Gasteiger partial charge in [-0.1, -0.05) is 12.1 Å². The number of hydrogen-bond donors (Lipinski definition) is 1. The summed E-state index contributed by atoms with van der Waals surface area (Å²) < 4.78 is 5.35. The first kappa shape index (κ1) is 14.1. The smallest absolute Gasteiger partial charge is 0.338 e. The molecule has 104 valence electrons. The molecule has 0 aliphatic heterocycles. The zero-order chi connectivity index (χ0) is 14.6. The number of esters is 1. The predicted octanol–water partition coefficient (Wildman–Crippen LogP) is 3.78. The van der Waals surface area contributed by atoms with E-state index >= 15 is 0 Å². The first-order valence-corrected chi connectivity index (χ1v) is 6.45. The summed E-state index contributed by atoms with van der Waals surface area (Å²) in [6, 6.07) is 12.8. The van der Waals surface area contributed by atoms with Crippen molar-refractivity contribution in [2.24, 2.45) is 0 Å². The monoisotopic (exact) mass is 270 g/mol. The summed E-state index contributed by atoms with van der Waals surface area (Å²) in [5.74, 6) is 0.399. The van der Waals surface area contributed by atoms with Crippen LogP contribution in [0.25, 0.3) is 0 Å². The van der Waals surface area contributed by atoms with E-state index in [1.54, 1.807) is 18.3 Å². The Bertz CT molecular complexity index is 589. The summed E-state index contributed by atoms with van der Waals surface area (Å²) in [6.07, 6.45) is 1.71. The summed E-state index contributed by atoms with van der Waals surface area (Å²) >= 11 is 0. The second-order valence-corrected chi connectivity index (χ2v) is 5.42. The van der Waals surface area contributed by atoms with E-state index in [4.69, 9.17) is 4.74 Å². The molecule has 0 saturated heterocycles. The fourth-order valence-corrected chi connectivity index (χ4v) is 1.65. The van der Waals surface area contributed by atoms with Crippen molar-refractivity contribution in [3.8, 4) is 0 Å². The third-order valence-electron chi connectivity index (χ3n) is 2.43. The number of rotatable bonds is 3. The average molecular weight is 270 g/mol. The lowest BCUT2D eigenvalue weighted by Crippen LogP contribution is -2.23. The zero-order valence-corrected chi connectivity index (χ0v) is 11.9. The maximum absolute atomic E-state index is 12.0. The number of anilines is 2. The number of benzene rings is 1. The van der Waals surface area contributed by atoms with Crippen molar-refractivity contribution < 1.29 is 9.53 Å². The van der Waals surface area contributed by atoms with Gasteiger partial charge in [-0.15, -0.1) is 0 Å². The number of ether oxygens (including phenoxy) is 1. The summed E-state index contributed by atoms with van der Waals surface area (Å²) in [6.45, 7) is 5.54. The number of pyridine rings is 1. The Kier molecular flexibility index (Phi) is 4.03. The zero-order valence-electron chi connectivity index (χ0n) is 11.9. The fourth-order valence-electron chi connectivity index (χ4n) is 1.65. The highest BCUT2D eigenvalue weighted by molar-refractivity contribution is 5.91. The molecule has 2 rings (SSSR count). The molecule has 2 aromatic rings. The topological polar surface area (TPSA) is 51.2 Å². The number of aromatic nitrogens is 1. The van der Waals surface area contributed by atoms with Gasteiger partial charge in [0.1, 0.15) is 11.4 Å². The molecule has 0 saturated carbocycles. The first-order chi connectivity index (χ1) is 9.44. The molecule has 0 bridgehead atoms. The van der Waals surface area contributed by atoms with Gasteiger partial charge in [-0.2, -0.15) is 0 Å². The van der Waals surface area contributed by atoms with Crippen LogP contribution in [0, 0.1) is 0 Å². The minimum Gasteiger partial charge on any atom is -0.456 e. The Hall–Kier alpha value is -2.36. The molecule has 0 unspecified atom stereocenters. The van der Waals surface area contributed by atoms with E-state index < -0.39 is 5.60 Å². The van der Waals surface area contributed by atoms with Gasteiger partial charge >= 0.3 is 5.97 Å². The predicted molar refractivity (Wildman–Crippen MR) is 79.1 cm³/mol. The van der Waals surface area contributed by atoms with Gasteiger partial charge in [-0.25, -0.2) is 9.78 Å². The number of carbonyl (C=O) groups excluding carboxylic acids is 1. The second kappa shape index (κ2) is 5.74. The van der Waals surface area contributed by atoms with Gasteiger partial charge in [0.2, 0.25) is 0 Å². The van der Waals surface area contributed by atoms with Crippen LogP contribution in [-0.2, 0) is 4.74 Å². The quantitative estimate of drug-likeness (QED) is 0.862. The molecule has 1 heterocycles. The van der Waals surface area contributed by atoms with Crippen molar-refractivity contribution in [2.45, 2.75) is 26.4 Å². The third-order valence-corrected chi connectivity index (χ3v) is 2.43. The molecule has 0 spiro atoms. The molecule has 20 heavy (non-hydrogen) atoms. The third kappa shape index (κ3) is 4.09. The Balaban J connectivity index is 2.14. The molecular formula is C16H18N2O2. The van der Waals surface area contributed by atoms with E-state index in [-0.39, 0.29) is 5.97 Å².